The number of hydrogen-bond acceptors (Lipinski definition) is 4. The molecule has 0 spiro atoms. The highest BCUT2D eigenvalue weighted by Crippen LogP contribution is 2.26. The van der Waals surface area contributed by atoms with Gasteiger partial charge in [0.2, 0.25) is 0 Å². The second-order valence-electron chi connectivity index (χ2n) is 6.63. The predicted molar refractivity (Wildman–Crippen MR) is 105 cm³/mol. The molecule has 132 valence electrons. The Balaban J connectivity index is 1.65. The lowest BCUT2D eigenvalue weighted by atomic mass is 10.0. The number of imidazole rings is 2. The van der Waals surface area contributed by atoms with Crippen LogP contribution in [0, 0.1) is 13.8 Å². The lowest BCUT2D eigenvalue weighted by Gasteiger charge is -2.05. The Morgan fingerprint density at radius 1 is 0.963 bits per heavy atom. The summed E-state index contributed by atoms with van der Waals surface area (Å²) in [4.78, 5) is 28.0. The first-order valence-electron chi connectivity index (χ1n) is 8.63. The quantitative estimate of drug-likeness (QED) is 0.492. The van der Waals surface area contributed by atoms with Crippen molar-refractivity contribution in [3.63, 3.8) is 0 Å². The van der Waals surface area contributed by atoms with E-state index < -0.39 is 0 Å². The topological polar surface area (TPSA) is 87.6 Å². The second kappa shape index (κ2) is 5.67. The summed E-state index contributed by atoms with van der Waals surface area (Å²) in [5, 5.41) is 0.549. The van der Waals surface area contributed by atoms with E-state index in [1.54, 1.807) is 12.3 Å². The lowest BCUT2D eigenvalue weighted by Crippen LogP contribution is -2.04. The molecule has 3 aromatic heterocycles. The average Bonchev–Trinajstić information content (AvgIpc) is 3.25. The molecule has 5 aromatic rings. The molecule has 6 nitrogen and oxygen atoms in total. The molecule has 0 unspecified atom stereocenters. The summed E-state index contributed by atoms with van der Waals surface area (Å²) < 4.78 is 5.80. The smallest absolute Gasteiger partial charge is 0.200 e. The summed E-state index contributed by atoms with van der Waals surface area (Å²) in [6, 6.07) is 11.3. The van der Waals surface area contributed by atoms with E-state index >= 15 is 0 Å². The molecule has 2 N–H and O–H groups in total. The molecule has 6 heteroatoms. The molecule has 0 saturated heterocycles. The molecule has 2 aromatic carbocycles. The van der Waals surface area contributed by atoms with Crippen LogP contribution in [0.5, 0.6) is 0 Å². The highest BCUT2D eigenvalue weighted by Gasteiger charge is 2.12. The van der Waals surface area contributed by atoms with Crippen LogP contribution in [0.3, 0.4) is 0 Å². The van der Waals surface area contributed by atoms with Gasteiger partial charge in [-0.05, 0) is 43.7 Å². The van der Waals surface area contributed by atoms with Crippen molar-refractivity contribution < 1.29 is 4.42 Å². The van der Waals surface area contributed by atoms with Crippen LogP contribution in [0.1, 0.15) is 11.6 Å². The van der Waals surface area contributed by atoms with Crippen molar-refractivity contribution in [2.24, 2.45) is 0 Å². The molecule has 0 bridgehead atoms. The molecule has 3 heterocycles. The lowest BCUT2D eigenvalue weighted by molar-refractivity contribution is 0.605. The fourth-order valence-corrected chi connectivity index (χ4v) is 3.37. The summed E-state index contributed by atoms with van der Waals surface area (Å²) in [6.45, 7) is 3.80. The fourth-order valence-electron chi connectivity index (χ4n) is 3.37. The highest BCUT2D eigenvalue weighted by molar-refractivity contribution is 5.87. The van der Waals surface area contributed by atoms with Crippen LogP contribution >= 0.6 is 0 Å². The molecule has 0 amide bonds. The number of aryl methyl sites for hydroxylation is 2. The minimum Gasteiger partial charge on any atom is -0.463 e. The van der Waals surface area contributed by atoms with E-state index in [-0.39, 0.29) is 5.43 Å². The third kappa shape index (κ3) is 2.54. The Hall–Kier alpha value is -3.67. The normalized spacial score (nSPS) is 11.5. The van der Waals surface area contributed by atoms with Crippen LogP contribution in [-0.4, -0.2) is 19.9 Å². The van der Waals surface area contributed by atoms with Gasteiger partial charge in [0.15, 0.2) is 5.43 Å². The molecule has 27 heavy (non-hydrogen) atoms. The van der Waals surface area contributed by atoms with E-state index in [1.165, 1.54) is 6.26 Å². The van der Waals surface area contributed by atoms with Crippen LogP contribution in [0.2, 0.25) is 0 Å². The van der Waals surface area contributed by atoms with E-state index in [1.807, 2.05) is 44.2 Å². The fraction of sp³-hybridized carbons (Fsp3) is 0.0952. The minimum atomic E-state index is -0.0563. The zero-order valence-electron chi connectivity index (χ0n) is 14.8. The summed E-state index contributed by atoms with van der Waals surface area (Å²) in [6.07, 6.45) is 3.29. The zero-order valence-corrected chi connectivity index (χ0v) is 14.8. The first-order chi connectivity index (χ1) is 13.1. The van der Waals surface area contributed by atoms with Crippen LogP contribution < -0.4 is 5.43 Å². The van der Waals surface area contributed by atoms with Crippen molar-refractivity contribution in [1.82, 2.24) is 19.9 Å². The summed E-state index contributed by atoms with van der Waals surface area (Å²) >= 11 is 0. The first kappa shape index (κ1) is 15.6. The van der Waals surface area contributed by atoms with Gasteiger partial charge in [0.1, 0.15) is 23.5 Å². The van der Waals surface area contributed by atoms with E-state index in [2.05, 4.69) is 19.9 Å². The maximum atomic E-state index is 13.0. The molecule has 0 aliphatic carbocycles. The number of rotatable bonds is 2. The van der Waals surface area contributed by atoms with E-state index in [0.717, 1.165) is 39.5 Å². The number of aromatic amines is 2. The van der Waals surface area contributed by atoms with E-state index in [9.17, 15) is 4.79 Å². The Morgan fingerprint density at radius 3 is 2.63 bits per heavy atom. The molecular weight excluding hydrogens is 340 g/mol. The monoisotopic (exact) mass is 356 g/mol. The summed E-state index contributed by atoms with van der Waals surface area (Å²) in [5.74, 6) is 1.68. The van der Waals surface area contributed by atoms with Crippen LogP contribution in [0.15, 0.2) is 58.1 Å². The minimum absolute atomic E-state index is 0.0563. The molecule has 0 aliphatic rings. The SMILES string of the molecule is Cc1ncc(-c2ccc3c(=O)c(-c4ccc5nc(C)[nH]c5c4)coc3c2)[nH]1. The maximum Gasteiger partial charge on any atom is 0.200 e. The number of H-pyrrole nitrogens is 2. The van der Waals surface area contributed by atoms with Gasteiger partial charge < -0.3 is 14.4 Å². The van der Waals surface area contributed by atoms with Crippen LogP contribution in [-0.2, 0) is 0 Å². The highest BCUT2D eigenvalue weighted by atomic mass is 16.3. The molecule has 5 rings (SSSR count). The predicted octanol–water partition coefficient (Wildman–Crippen LogP) is 4.34. The molecule has 0 fully saturated rings. The van der Waals surface area contributed by atoms with Gasteiger partial charge in [-0.1, -0.05) is 12.1 Å². The van der Waals surface area contributed by atoms with Crippen LogP contribution in [0.4, 0.5) is 0 Å². The number of nitrogens with zero attached hydrogens (tertiary/aromatic N) is 2. The number of hydrogen-bond donors (Lipinski definition) is 2. The standard InChI is InChI=1S/C21H16N4O2/c1-11-22-9-19(23-11)14-3-5-15-20(8-14)27-10-16(21(15)26)13-4-6-17-18(7-13)25-12(2)24-17/h3-10H,1-2H3,(H,22,23)(H,24,25). The Labute approximate surface area is 153 Å². The summed E-state index contributed by atoms with van der Waals surface area (Å²) in [5.41, 5.74) is 5.41. The van der Waals surface area contributed by atoms with Crippen molar-refractivity contribution in [2.45, 2.75) is 13.8 Å². The third-order valence-electron chi connectivity index (χ3n) is 4.70. The summed E-state index contributed by atoms with van der Waals surface area (Å²) in [7, 11) is 0. The zero-order chi connectivity index (χ0) is 18.5. The number of benzene rings is 2. The van der Waals surface area contributed by atoms with Crippen molar-refractivity contribution in [3.8, 4) is 22.4 Å². The second-order valence-corrected chi connectivity index (χ2v) is 6.63. The van der Waals surface area contributed by atoms with E-state index in [4.69, 9.17) is 4.42 Å². The largest absolute Gasteiger partial charge is 0.463 e. The van der Waals surface area contributed by atoms with Crippen molar-refractivity contribution >= 4 is 22.0 Å². The molecule has 0 radical (unpaired) electrons. The molecule has 0 saturated carbocycles. The Kier molecular flexibility index (Phi) is 3.27. The number of nitrogens with one attached hydrogen (secondary N) is 2. The van der Waals surface area contributed by atoms with Gasteiger partial charge in [0.25, 0.3) is 0 Å². The molecular formula is C21H16N4O2. The van der Waals surface area contributed by atoms with Gasteiger partial charge in [-0.3, -0.25) is 4.79 Å². The maximum absolute atomic E-state index is 13.0. The van der Waals surface area contributed by atoms with Crippen molar-refractivity contribution in [2.75, 3.05) is 0 Å². The molecule has 0 aliphatic heterocycles. The van der Waals surface area contributed by atoms with E-state index in [0.29, 0.717) is 16.5 Å². The van der Waals surface area contributed by atoms with Gasteiger partial charge in [-0.25, -0.2) is 9.97 Å². The third-order valence-corrected chi connectivity index (χ3v) is 4.70. The van der Waals surface area contributed by atoms with Gasteiger partial charge in [0, 0.05) is 5.56 Å². The van der Waals surface area contributed by atoms with Crippen molar-refractivity contribution in [1.29, 1.82) is 0 Å². The van der Waals surface area contributed by atoms with Gasteiger partial charge in [-0.2, -0.15) is 0 Å². The van der Waals surface area contributed by atoms with Gasteiger partial charge in [0.05, 0.1) is 33.9 Å². The van der Waals surface area contributed by atoms with Crippen molar-refractivity contribution in [3.05, 3.63) is 70.7 Å². The Morgan fingerprint density at radius 2 is 1.81 bits per heavy atom. The van der Waals surface area contributed by atoms with Gasteiger partial charge >= 0.3 is 0 Å². The average molecular weight is 356 g/mol. The Bertz CT molecular complexity index is 1370. The van der Waals surface area contributed by atoms with Gasteiger partial charge in [-0.15, -0.1) is 0 Å². The van der Waals surface area contributed by atoms with Crippen LogP contribution in [0.25, 0.3) is 44.4 Å². The number of fused-ring (bicyclic) bond motifs is 2. The molecule has 0 atom stereocenters. The number of aromatic nitrogens is 4. The first-order valence-corrected chi connectivity index (χ1v) is 8.63.